The minimum atomic E-state index is 0.0119. The summed E-state index contributed by atoms with van der Waals surface area (Å²) in [5, 5.41) is 2.03. The molecule has 4 rings (SSSR count). The van der Waals surface area contributed by atoms with Crippen LogP contribution in [0, 0.1) is 0 Å². The van der Waals surface area contributed by atoms with E-state index in [0.717, 1.165) is 49.7 Å². The number of hydrogen-bond acceptors (Lipinski definition) is 5. The number of amides is 1. The van der Waals surface area contributed by atoms with E-state index in [-0.39, 0.29) is 11.9 Å². The lowest BCUT2D eigenvalue weighted by molar-refractivity contribution is -0.140. The molecule has 0 aromatic carbocycles. The third-order valence-corrected chi connectivity index (χ3v) is 5.25. The summed E-state index contributed by atoms with van der Waals surface area (Å²) in [6.07, 6.45) is 6.14. The molecule has 2 aliphatic rings. The van der Waals surface area contributed by atoms with Crippen LogP contribution >= 0.6 is 11.3 Å². The zero-order valence-electron chi connectivity index (χ0n) is 12.5. The van der Waals surface area contributed by atoms with Crippen LogP contribution in [0.3, 0.4) is 0 Å². The Morgan fingerprint density at radius 3 is 3.05 bits per heavy atom. The van der Waals surface area contributed by atoms with E-state index < -0.39 is 0 Å². The quantitative estimate of drug-likeness (QED) is 0.853. The number of fused-ring (bicyclic) bond motifs is 1. The Morgan fingerprint density at radius 2 is 2.23 bits per heavy atom. The van der Waals surface area contributed by atoms with Crippen molar-refractivity contribution in [2.45, 2.75) is 25.4 Å². The fraction of sp³-hybridized carbons (Fsp3) is 0.600. The van der Waals surface area contributed by atoms with Crippen LogP contribution in [0.5, 0.6) is 0 Å². The number of aromatic nitrogens is 2. The first-order valence-electron chi connectivity index (χ1n) is 7.83. The third kappa shape index (κ3) is 2.64. The molecule has 7 heteroatoms. The molecule has 0 saturated carbocycles. The molecule has 2 saturated heterocycles. The predicted molar refractivity (Wildman–Crippen MR) is 83.9 cm³/mol. The number of nitrogens with zero attached hydrogens (tertiary/aromatic N) is 4. The van der Waals surface area contributed by atoms with Crippen LogP contribution < -0.4 is 0 Å². The second kappa shape index (κ2) is 5.98. The Morgan fingerprint density at radius 1 is 1.36 bits per heavy atom. The number of morpholine rings is 1. The highest BCUT2D eigenvalue weighted by Crippen LogP contribution is 2.23. The number of carbonyl (C=O) groups is 1. The molecule has 2 fully saturated rings. The summed E-state index contributed by atoms with van der Waals surface area (Å²) in [6, 6.07) is 0.0119. The Labute approximate surface area is 133 Å². The highest BCUT2D eigenvalue weighted by Gasteiger charge is 2.34. The van der Waals surface area contributed by atoms with Crippen LogP contribution in [-0.4, -0.2) is 64.0 Å². The lowest BCUT2D eigenvalue weighted by Gasteiger charge is -2.32. The number of rotatable bonds is 3. The van der Waals surface area contributed by atoms with E-state index in [1.165, 1.54) is 0 Å². The minimum absolute atomic E-state index is 0.0119. The van der Waals surface area contributed by atoms with E-state index in [2.05, 4.69) is 20.5 Å². The van der Waals surface area contributed by atoms with E-state index in [0.29, 0.717) is 13.2 Å². The van der Waals surface area contributed by atoms with Gasteiger partial charge >= 0.3 is 0 Å². The van der Waals surface area contributed by atoms with Crippen LogP contribution in [0.15, 0.2) is 17.8 Å². The number of carbonyl (C=O) groups excluding carboxylic acids is 1. The molecule has 0 spiro atoms. The van der Waals surface area contributed by atoms with Crippen LogP contribution in [-0.2, 0) is 16.1 Å². The monoisotopic (exact) mass is 320 g/mol. The molecule has 0 radical (unpaired) electrons. The van der Waals surface area contributed by atoms with E-state index in [1.54, 1.807) is 11.3 Å². The van der Waals surface area contributed by atoms with Crippen molar-refractivity contribution >= 4 is 22.2 Å². The van der Waals surface area contributed by atoms with Crippen molar-refractivity contribution in [2.75, 3.05) is 32.8 Å². The summed E-state index contributed by atoms with van der Waals surface area (Å²) < 4.78 is 7.39. The molecule has 22 heavy (non-hydrogen) atoms. The van der Waals surface area contributed by atoms with Gasteiger partial charge < -0.3 is 9.64 Å². The van der Waals surface area contributed by atoms with Crippen LogP contribution in [0.4, 0.5) is 0 Å². The molecule has 4 heterocycles. The van der Waals surface area contributed by atoms with Crippen molar-refractivity contribution in [3.05, 3.63) is 23.5 Å². The van der Waals surface area contributed by atoms with Crippen LogP contribution in [0.2, 0.25) is 0 Å². The van der Waals surface area contributed by atoms with Crippen molar-refractivity contribution in [2.24, 2.45) is 0 Å². The normalized spacial score (nSPS) is 23.5. The molecule has 2 aliphatic heterocycles. The zero-order valence-corrected chi connectivity index (χ0v) is 13.3. The second-order valence-electron chi connectivity index (χ2n) is 5.89. The van der Waals surface area contributed by atoms with Gasteiger partial charge in [0.25, 0.3) is 0 Å². The van der Waals surface area contributed by atoms with E-state index >= 15 is 0 Å². The first-order valence-corrected chi connectivity index (χ1v) is 8.71. The second-order valence-corrected chi connectivity index (χ2v) is 6.76. The van der Waals surface area contributed by atoms with Crippen molar-refractivity contribution in [1.29, 1.82) is 0 Å². The third-order valence-electron chi connectivity index (χ3n) is 4.48. The number of hydrogen-bond donors (Lipinski definition) is 0. The maximum absolute atomic E-state index is 12.7. The fourth-order valence-corrected chi connectivity index (χ4v) is 4.07. The number of ether oxygens (including phenoxy) is 1. The molecule has 2 aromatic heterocycles. The first kappa shape index (κ1) is 14.2. The van der Waals surface area contributed by atoms with Gasteiger partial charge in [0.05, 0.1) is 24.9 Å². The Hall–Kier alpha value is -1.44. The van der Waals surface area contributed by atoms with Gasteiger partial charge in [-0.15, -0.1) is 11.3 Å². The highest BCUT2D eigenvalue weighted by molar-refractivity contribution is 7.15. The van der Waals surface area contributed by atoms with Gasteiger partial charge in [0.15, 0.2) is 4.96 Å². The van der Waals surface area contributed by atoms with Gasteiger partial charge in [-0.1, -0.05) is 0 Å². The SMILES string of the molecule is O=C([C@H]1CCCN1Cc1cn2ccsc2n1)N1CCOCC1. The van der Waals surface area contributed by atoms with Crippen molar-refractivity contribution < 1.29 is 9.53 Å². The number of thiazole rings is 1. The van der Waals surface area contributed by atoms with Gasteiger partial charge in [-0.3, -0.25) is 14.1 Å². The number of likely N-dealkylation sites (tertiary alicyclic amines) is 1. The van der Waals surface area contributed by atoms with Gasteiger partial charge in [0, 0.05) is 37.4 Å². The van der Waals surface area contributed by atoms with Gasteiger partial charge in [0.1, 0.15) is 0 Å². The number of imidazole rings is 1. The van der Waals surface area contributed by atoms with Gasteiger partial charge in [0.2, 0.25) is 5.91 Å². The molecule has 0 bridgehead atoms. The smallest absolute Gasteiger partial charge is 0.240 e. The summed E-state index contributed by atoms with van der Waals surface area (Å²) in [7, 11) is 0. The lowest BCUT2D eigenvalue weighted by Crippen LogP contribution is -2.49. The summed E-state index contributed by atoms with van der Waals surface area (Å²) >= 11 is 1.64. The average molecular weight is 320 g/mol. The summed E-state index contributed by atoms with van der Waals surface area (Å²) in [4.78, 5) is 22.6. The Kier molecular flexibility index (Phi) is 3.85. The summed E-state index contributed by atoms with van der Waals surface area (Å²) in [5.74, 6) is 0.266. The summed E-state index contributed by atoms with van der Waals surface area (Å²) in [6.45, 7) is 4.51. The standard InChI is InChI=1S/C15H20N4O2S/c20-14(17-4-7-21-8-5-17)13-2-1-3-18(13)10-12-11-19-6-9-22-15(19)16-12/h6,9,11,13H,1-5,7-8,10H2/t13-/m1/s1. The molecule has 1 atom stereocenters. The van der Waals surface area contributed by atoms with E-state index in [9.17, 15) is 4.79 Å². The van der Waals surface area contributed by atoms with Crippen molar-refractivity contribution in [3.63, 3.8) is 0 Å². The molecular formula is C15H20N4O2S. The Balaban J connectivity index is 1.46. The topological polar surface area (TPSA) is 50.1 Å². The van der Waals surface area contributed by atoms with Crippen LogP contribution in [0.25, 0.3) is 4.96 Å². The minimum Gasteiger partial charge on any atom is -0.378 e. The lowest BCUT2D eigenvalue weighted by atomic mass is 10.2. The van der Waals surface area contributed by atoms with Gasteiger partial charge in [-0.25, -0.2) is 4.98 Å². The maximum Gasteiger partial charge on any atom is 0.240 e. The predicted octanol–water partition coefficient (Wildman–Crippen LogP) is 1.22. The molecule has 1 amide bonds. The molecule has 0 N–H and O–H groups in total. The molecule has 0 unspecified atom stereocenters. The molecule has 118 valence electrons. The van der Waals surface area contributed by atoms with E-state index in [1.807, 2.05) is 16.5 Å². The summed E-state index contributed by atoms with van der Waals surface area (Å²) in [5.41, 5.74) is 1.05. The maximum atomic E-state index is 12.7. The zero-order chi connectivity index (χ0) is 14.9. The van der Waals surface area contributed by atoms with Crippen molar-refractivity contribution in [3.8, 4) is 0 Å². The van der Waals surface area contributed by atoms with Crippen LogP contribution in [0.1, 0.15) is 18.5 Å². The molecule has 2 aromatic rings. The Bertz CT molecular complexity index is 633. The van der Waals surface area contributed by atoms with E-state index in [4.69, 9.17) is 4.74 Å². The van der Waals surface area contributed by atoms with Gasteiger partial charge in [-0.05, 0) is 19.4 Å². The average Bonchev–Trinajstić information content (AvgIpc) is 3.23. The molecule has 0 aliphatic carbocycles. The largest absolute Gasteiger partial charge is 0.378 e. The molecule has 6 nitrogen and oxygen atoms in total. The fourth-order valence-electron chi connectivity index (χ4n) is 3.35. The highest BCUT2D eigenvalue weighted by atomic mass is 32.1. The van der Waals surface area contributed by atoms with Gasteiger partial charge in [-0.2, -0.15) is 0 Å². The van der Waals surface area contributed by atoms with Crippen molar-refractivity contribution in [1.82, 2.24) is 19.2 Å². The molecular weight excluding hydrogens is 300 g/mol. The first-order chi connectivity index (χ1) is 10.8.